The molecule has 0 unspecified atom stereocenters. The fourth-order valence-corrected chi connectivity index (χ4v) is 1.66. The van der Waals surface area contributed by atoms with Crippen LogP contribution in [0.3, 0.4) is 0 Å². The Labute approximate surface area is 100 Å². The Balaban J connectivity index is 2.24. The van der Waals surface area contributed by atoms with E-state index >= 15 is 0 Å². The van der Waals surface area contributed by atoms with Gasteiger partial charge >= 0.3 is 0 Å². The largest absolute Gasteiger partial charge is 0.454 e. The molecule has 0 amide bonds. The van der Waals surface area contributed by atoms with Crippen molar-refractivity contribution >= 4 is 5.71 Å². The van der Waals surface area contributed by atoms with E-state index in [1.54, 1.807) is 12.1 Å². The fraction of sp³-hybridized carbons (Fsp3) is 0.308. The number of nitrogens with zero attached hydrogens (tertiary/aromatic N) is 1. The highest BCUT2D eigenvalue weighted by atomic mass is 19.1. The monoisotopic (exact) mass is 234 g/mol. The van der Waals surface area contributed by atoms with E-state index in [0.29, 0.717) is 11.5 Å². The highest BCUT2D eigenvalue weighted by molar-refractivity contribution is 5.97. The average molecular weight is 234 g/mol. The lowest BCUT2D eigenvalue weighted by atomic mass is 10.2. The molecule has 0 atom stereocenters. The zero-order valence-corrected chi connectivity index (χ0v) is 9.96. The Morgan fingerprint density at radius 3 is 2.65 bits per heavy atom. The SMILES string of the molecule is CC1=NCCNC(C)=C1Oc1ccc(F)cc1. The number of allylic oxidation sites excluding steroid dienone is 2. The molecule has 0 aliphatic carbocycles. The van der Waals surface area contributed by atoms with Gasteiger partial charge in [-0.1, -0.05) is 0 Å². The van der Waals surface area contributed by atoms with E-state index < -0.39 is 0 Å². The molecule has 90 valence electrons. The first kappa shape index (κ1) is 11.6. The van der Waals surface area contributed by atoms with Crippen LogP contribution in [0.2, 0.25) is 0 Å². The topological polar surface area (TPSA) is 33.6 Å². The summed E-state index contributed by atoms with van der Waals surface area (Å²) >= 11 is 0. The quantitative estimate of drug-likeness (QED) is 0.853. The van der Waals surface area contributed by atoms with Gasteiger partial charge in [0.05, 0.1) is 18.0 Å². The predicted molar refractivity (Wildman–Crippen MR) is 65.7 cm³/mol. The van der Waals surface area contributed by atoms with Gasteiger partial charge in [-0.3, -0.25) is 4.99 Å². The number of halogens is 1. The number of hydrogen-bond acceptors (Lipinski definition) is 3. The molecular weight excluding hydrogens is 219 g/mol. The summed E-state index contributed by atoms with van der Waals surface area (Å²) < 4.78 is 18.5. The standard InChI is InChI=1S/C13H15FN2O/c1-9-13(10(2)16-8-7-15-9)17-12-5-3-11(14)4-6-12/h3-6,15H,7-8H2,1-2H3. The Morgan fingerprint density at radius 1 is 1.24 bits per heavy atom. The van der Waals surface area contributed by atoms with Gasteiger partial charge in [-0.05, 0) is 38.1 Å². The van der Waals surface area contributed by atoms with Crippen molar-refractivity contribution in [2.24, 2.45) is 4.99 Å². The molecule has 0 saturated carbocycles. The Hall–Kier alpha value is -1.84. The maximum absolute atomic E-state index is 12.8. The number of ether oxygens (including phenoxy) is 1. The minimum Gasteiger partial charge on any atom is -0.454 e. The van der Waals surface area contributed by atoms with E-state index in [4.69, 9.17) is 4.74 Å². The van der Waals surface area contributed by atoms with Crippen molar-refractivity contribution < 1.29 is 9.13 Å². The minimum atomic E-state index is -0.271. The summed E-state index contributed by atoms with van der Waals surface area (Å²) in [5.41, 5.74) is 1.81. The second kappa shape index (κ2) is 4.99. The highest BCUT2D eigenvalue weighted by Gasteiger charge is 2.12. The van der Waals surface area contributed by atoms with Gasteiger partial charge in [0, 0.05) is 6.54 Å². The Morgan fingerprint density at radius 2 is 1.94 bits per heavy atom. The van der Waals surface area contributed by atoms with Gasteiger partial charge in [0.15, 0.2) is 5.76 Å². The molecule has 1 aromatic rings. The van der Waals surface area contributed by atoms with Crippen LogP contribution in [0.1, 0.15) is 13.8 Å². The van der Waals surface area contributed by atoms with Crippen LogP contribution in [-0.4, -0.2) is 18.8 Å². The number of aliphatic imine (C=N–C) groups is 1. The molecule has 0 bridgehead atoms. The summed E-state index contributed by atoms with van der Waals surface area (Å²) in [6, 6.07) is 5.96. The lowest BCUT2D eigenvalue weighted by molar-refractivity contribution is 0.442. The van der Waals surface area contributed by atoms with Crippen LogP contribution in [0.4, 0.5) is 4.39 Å². The smallest absolute Gasteiger partial charge is 0.166 e. The molecule has 0 aromatic heterocycles. The zero-order valence-electron chi connectivity index (χ0n) is 9.96. The molecule has 1 N–H and O–H groups in total. The minimum absolute atomic E-state index is 0.271. The second-order valence-corrected chi connectivity index (χ2v) is 3.90. The molecule has 0 fully saturated rings. The van der Waals surface area contributed by atoms with Crippen LogP contribution < -0.4 is 10.1 Å². The van der Waals surface area contributed by atoms with Crippen molar-refractivity contribution in [2.75, 3.05) is 13.1 Å². The van der Waals surface area contributed by atoms with E-state index in [9.17, 15) is 4.39 Å². The molecular formula is C13H15FN2O. The van der Waals surface area contributed by atoms with Gasteiger partial charge in [-0.25, -0.2) is 4.39 Å². The Bertz CT molecular complexity index is 463. The summed E-state index contributed by atoms with van der Waals surface area (Å²) in [6.07, 6.45) is 0. The molecule has 1 aliphatic rings. The second-order valence-electron chi connectivity index (χ2n) is 3.90. The summed E-state index contributed by atoms with van der Waals surface area (Å²) in [4.78, 5) is 4.37. The molecule has 3 nitrogen and oxygen atoms in total. The molecule has 17 heavy (non-hydrogen) atoms. The van der Waals surface area contributed by atoms with Crippen molar-refractivity contribution in [1.82, 2.24) is 5.32 Å². The molecule has 2 rings (SSSR count). The van der Waals surface area contributed by atoms with Crippen LogP contribution in [0.25, 0.3) is 0 Å². The van der Waals surface area contributed by atoms with Gasteiger partial charge in [0.2, 0.25) is 0 Å². The third-order valence-corrected chi connectivity index (χ3v) is 2.55. The molecule has 1 aromatic carbocycles. The van der Waals surface area contributed by atoms with Gasteiger partial charge < -0.3 is 10.1 Å². The van der Waals surface area contributed by atoms with Crippen LogP contribution >= 0.6 is 0 Å². The van der Waals surface area contributed by atoms with Gasteiger partial charge in [0.25, 0.3) is 0 Å². The molecule has 0 radical (unpaired) electrons. The fourth-order valence-electron chi connectivity index (χ4n) is 1.66. The number of rotatable bonds is 2. The average Bonchev–Trinajstić information content (AvgIpc) is 2.47. The third kappa shape index (κ3) is 2.84. The molecule has 0 saturated heterocycles. The van der Waals surface area contributed by atoms with Crippen molar-refractivity contribution in [3.63, 3.8) is 0 Å². The van der Waals surface area contributed by atoms with E-state index in [1.165, 1.54) is 12.1 Å². The Kier molecular flexibility index (Phi) is 3.42. The molecule has 0 spiro atoms. The highest BCUT2D eigenvalue weighted by Crippen LogP contribution is 2.17. The van der Waals surface area contributed by atoms with Gasteiger partial charge in [0.1, 0.15) is 11.6 Å². The lowest BCUT2D eigenvalue weighted by Gasteiger charge is -2.12. The normalized spacial score (nSPS) is 16.1. The maximum Gasteiger partial charge on any atom is 0.166 e. The first-order valence-electron chi connectivity index (χ1n) is 5.56. The first-order valence-corrected chi connectivity index (χ1v) is 5.56. The van der Waals surface area contributed by atoms with E-state index in [-0.39, 0.29) is 5.82 Å². The first-order chi connectivity index (χ1) is 8.16. The number of hydrogen-bond donors (Lipinski definition) is 1. The van der Waals surface area contributed by atoms with Crippen LogP contribution in [0.5, 0.6) is 5.75 Å². The number of nitrogens with one attached hydrogen (secondary N) is 1. The van der Waals surface area contributed by atoms with E-state index in [1.807, 2.05) is 13.8 Å². The van der Waals surface area contributed by atoms with E-state index in [0.717, 1.165) is 24.5 Å². The summed E-state index contributed by atoms with van der Waals surface area (Å²) in [5.74, 6) is 1.06. The maximum atomic E-state index is 12.8. The zero-order chi connectivity index (χ0) is 12.3. The van der Waals surface area contributed by atoms with Gasteiger partial charge in [-0.2, -0.15) is 0 Å². The van der Waals surface area contributed by atoms with Crippen molar-refractivity contribution in [3.05, 3.63) is 41.5 Å². The molecule has 1 heterocycles. The van der Waals surface area contributed by atoms with E-state index in [2.05, 4.69) is 10.3 Å². The third-order valence-electron chi connectivity index (χ3n) is 2.55. The summed E-state index contributed by atoms with van der Waals surface area (Å²) in [7, 11) is 0. The summed E-state index contributed by atoms with van der Waals surface area (Å²) in [6.45, 7) is 5.40. The van der Waals surface area contributed by atoms with Crippen molar-refractivity contribution in [3.8, 4) is 5.75 Å². The molecule has 1 aliphatic heterocycles. The van der Waals surface area contributed by atoms with Crippen LogP contribution in [-0.2, 0) is 0 Å². The van der Waals surface area contributed by atoms with Gasteiger partial charge in [-0.15, -0.1) is 0 Å². The lowest BCUT2D eigenvalue weighted by Crippen LogP contribution is -2.17. The number of benzene rings is 1. The van der Waals surface area contributed by atoms with Crippen LogP contribution in [0.15, 0.2) is 40.7 Å². The van der Waals surface area contributed by atoms with Crippen molar-refractivity contribution in [2.45, 2.75) is 13.8 Å². The molecule has 4 heteroatoms. The van der Waals surface area contributed by atoms with Crippen LogP contribution in [0, 0.1) is 5.82 Å². The van der Waals surface area contributed by atoms with Crippen molar-refractivity contribution in [1.29, 1.82) is 0 Å². The predicted octanol–water partition coefficient (Wildman–Crippen LogP) is 2.50. The summed E-state index contributed by atoms with van der Waals surface area (Å²) in [5, 5.41) is 3.22.